The van der Waals surface area contributed by atoms with Gasteiger partial charge in [0.25, 0.3) is 0 Å². The topological polar surface area (TPSA) is 54.7 Å². The molecule has 74 valence electrons. The first kappa shape index (κ1) is 8.56. The summed E-state index contributed by atoms with van der Waals surface area (Å²) in [6, 6.07) is 5.60. The molecule has 3 rings (SSSR count). The molecule has 3 N–H and O–H groups in total. The molecule has 0 fully saturated rings. The standard InChI is InChI=1S/C11H8ClN3/c12-6-3-8-7-1-2-14-5-10(7)15-11(8)9(13)4-6/h1-5,15H,13H2. The lowest BCUT2D eigenvalue weighted by Gasteiger charge is -1.97. The number of rotatable bonds is 0. The number of pyridine rings is 1. The minimum absolute atomic E-state index is 0.651. The lowest BCUT2D eigenvalue weighted by Crippen LogP contribution is -1.85. The number of hydrogen-bond acceptors (Lipinski definition) is 2. The zero-order chi connectivity index (χ0) is 10.4. The third-order valence-corrected chi connectivity index (χ3v) is 2.72. The van der Waals surface area contributed by atoms with Gasteiger partial charge in [-0.25, -0.2) is 0 Å². The number of nitrogens with two attached hydrogens (primary N) is 1. The highest BCUT2D eigenvalue weighted by Gasteiger charge is 2.07. The minimum atomic E-state index is 0.651. The minimum Gasteiger partial charge on any atom is -0.397 e. The Labute approximate surface area is 90.9 Å². The van der Waals surface area contributed by atoms with Crippen molar-refractivity contribution in [3.63, 3.8) is 0 Å². The first-order chi connectivity index (χ1) is 7.25. The molecule has 1 aromatic carbocycles. The lowest BCUT2D eigenvalue weighted by molar-refractivity contribution is 1.35. The lowest BCUT2D eigenvalue weighted by atomic mass is 10.2. The highest BCUT2D eigenvalue weighted by Crippen LogP contribution is 2.31. The maximum atomic E-state index is 5.97. The Morgan fingerprint density at radius 3 is 3.00 bits per heavy atom. The molecule has 15 heavy (non-hydrogen) atoms. The Balaban J connectivity index is 2.61. The Morgan fingerprint density at radius 2 is 2.13 bits per heavy atom. The molecule has 0 unspecified atom stereocenters. The number of anilines is 1. The summed E-state index contributed by atoms with van der Waals surface area (Å²) in [6.07, 6.45) is 3.54. The van der Waals surface area contributed by atoms with Gasteiger partial charge < -0.3 is 10.7 Å². The molecule has 0 aliphatic heterocycles. The predicted molar refractivity (Wildman–Crippen MR) is 63.0 cm³/mol. The smallest absolute Gasteiger partial charge is 0.0699 e. The average molecular weight is 218 g/mol. The number of H-pyrrole nitrogens is 1. The number of nitrogen functional groups attached to an aromatic ring is 1. The molecular weight excluding hydrogens is 210 g/mol. The van der Waals surface area contributed by atoms with E-state index < -0.39 is 0 Å². The van der Waals surface area contributed by atoms with Gasteiger partial charge in [-0.1, -0.05) is 11.6 Å². The maximum Gasteiger partial charge on any atom is 0.0699 e. The molecule has 0 spiro atoms. The molecule has 3 nitrogen and oxygen atoms in total. The van der Waals surface area contributed by atoms with E-state index in [0.717, 1.165) is 21.8 Å². The van der Waals surface area contributed by atoms with Gasteiger partial charge in [0.05, 0.1) is 22.9 Å². The van der Waals surface area contributed by atoms with E-state index in [1.807, 2.05) is 12.1 Å². The van der Waals surface area contributed by atoms with Crippen LogP contribution in [0, 0.1) is 0 Å². The summed E-state index contributed by atoms with van der Waals surface area (Å²) in [5.41, 5.74) is 8.44. The quantitative estimate of drug-likeness (QED) is 0.569. The fourth-order valence-electron chi connectivity index (χ4n) is 1.84. The molecular formula is C11H8ClN3. The van der Waals surface area contributed by atoms with Crippen LogP contribution < -0.4 is 5.73 Å². The number of benzene rings is 1. The maximum absolute atomic E-state index is 5.97. The first-order valence-electron chi connectivity index (χ1n) is 4.56. The molecule has 0 radical (unpaired) electrons. The van der Waals surface area contributed by atoms with Gasteiger partial charge in [-0.3, -0.25) is 4.98 Å². The fraction of sp³-hybridized carbons (Fsp3) is 0. The Kier molecular flexibility index (Phi) is 1.64. The van der Waals surface area contributed by atoms with Crippen LogP contribution in [0.5, 0.6) is 0 Å². The molecule has 0 aliphatic rings. The van der Waals surface area contributed by atoms with Gasteiger partial charge in [0.2, 0.25) is 0 Å². The van der Waals surface area contributed by atoms with Crippen LogP contribution in [-0.4, -0.2) is 9.97 Å². The summed E-state index contributed by atoms with van der Waals surface area (Å²) in [6.45, 7) is 0. The zero-order valence-corrected chi connectivity index (χ0v) is 8.55. The highest BCUT2D eigenvalue weighted by atomic mass is 35.5. The van der Waals surface area contributed by atoms with Crippen LogP contribution in [-0.2, 0) is 0 Å². The molecule has 0 aliphatic carbocycles. The van der Waals surface area contributed by atoms with Crippen molar-refractivity contribution in [2.24, 2.45) is 0 Å². The van der Waals surface area contributed by atoms with E-state index in [1.165, 1.54) is 0 Å². The van der Waals surface area contributed by atoms with Gasteiger partial charge >= 0.3 is 0 Å². The third-order valence-electron chi connectivity index (χ3n) is 2.50. The van der Waals surface area contributed by atoms with E-state index >= 15 is 0 Å². The fourth-order valence-corrected chi connectivity index (χ4v) is 2.07. The van der Waals surface area contributed by atoms with Gasteiger partial charge in [0, 0.05) is 22.0 Å². The second-order valence-electron chi connectivity index (χ2n) is 3.46. The van der Waals surface area contributed by atoms with Gasteiger partial charge in [-0.05, 0) is 18.2 Å². The molecule has 0 amide bonds. The van der Waals surface area contributed by atoms with Crippen LogP contribution in [0.1, 0.15) is 0 Å². The first-order valence-corrected chi connectivity index (χ1v) is 4.94. The van der Waals surface area contributed by atoms with Gasteiger partial charge in [0.15, 0.2) is 0 Å². The summed E-state index contributed by atoms with van der Waals surface area (Å²) in [7, 11) is 0. The van der Waals surface area contributed by atoms with Crippen molar-refractivity contribution < 1.29 is 0 Å². The summed E-state index contributed by atoms with van der Waals surface area (Å²) >= 11 is 5.97. The molecule has 0 bridgehead atoms. The summed E-state index contributed by atoms with van der Waals surface area (Å²) < 4.78 is 0. The second kappa shape index (κ2) is 2.87. The van der Waals surface area contributed by atoms with Crippen LogP contribution in [0.4, 0.5) is 5.69 Å². The molecule has 2 aromatic heterocycles. The number of aromatic amines is 1. The number of halogens is 1. The van der Waals surface area contributed by atoms with Crippen molar-refractivity contribution in [1.82, 2.24) is 9.97 Å². The molecule has 0 saturated heterocycles. The zero-order valence-electron chi connectivity index (χ0n) is 7.79. The van der Waals surface area contributed by atoms with Crippen LogP contribution in [0.15, 0.2) is 30.6 Å². The molecule has 0 saturated carbocycles. The molecule has 3 aromatic rings. The van der Waals surface area contributed by atoms with Gasteiger partial charge in [-0.15, -0.1) is 0 Å². The Bertz CT molecular complexity index is 657. The van der Waals surface area contributed by atoms with Crippen molar-refractivity contribution in [3.05, 3.63) is 35.6 Å². The highest BCUT2D eigenvalue weighted by molar-refractivity contribution is 6.32. The molecule has 2 heterocycles. The summed E-state index contributed by atoms with van der Waals surface area (Å²) in [4.78, 5) is 7.28. The summed E-state index contributed by atoms with van der Waals surface area (Å²) in [5, 5.41) is 2.78. The van der Waals surface area contributed by atoms with E-state index in [4.69, 9.17) is 17.3 Å². The number of aromatic nitrogens is 2. The van der Waals surface area contributed by atoms with Crippen molar-refractivity contribution in [2.45, 2.75) is 0 Å². The monoisotopic (exact) mass is 217 g/mol. The number of fused-ring (bicyclic) bond motifs is 3. The van der Waals surface area contributed by atoms with Crippen LogP contribution >= 0.6 is 11.6 Å². The predicted octanol–water partition coefficient (Wildman–Crippen LogP) is 2.95. The number of nitrogens with zero attached hydrogens (tertiary/aromatic N) is 1. The normalized spacial score (nSPS) is 11.3. The number of hydrogen-bond donors (Lipinski definition) is 2. The third kappa shape index (κ3) is 1.17. The summed E-state index contributed by atoms with van der Waals surface area (Å²) in [5.74, 6) is 0. The van der Waals surface area contributed by atoms with Crippen LogP contribution in [0.25, 0.3) is 21.8 Å². The van der Waals surface area contributed by atoms with E-state index in [-0.39, 0.29) is 0 Å². The largest absolute Gasteiger partial charge is 0.397 e. The average Bonchev–Trinajstić information content (AvgIpc) is 2.57. The van der Waals surface area contributed by atoms with E-state index in [2.05, 4.69) is 9.97 Å². The number of nitrogens with one attached hydrogen (secondary N) is 1. The SMILES string of the molecule is Nc1cc(Cl)cc2c1[nH]c1cnccc12. The Morgan fingerprint density at radius 1 is 1.27 bits per heavy atom. The van der Waals surface area contributed by atoms with Crippen LogP contribution in [0.3, 0.4) is 0 Å². The Hall–Kier alpha value is -1.74. The molecule has 0 atom stereocenters. The van der Waals surface area contributed by atoms with Gasteiger partial charge in [0.1, 0.15) is 0 Å². The van der Waals surface area contributed by atoms with Crippen LogP contribution in [0.2, 0.25) is 5.02 Å². The van der Waals surface area contributed by atoms with Crippen molar-refractivity contribution in [3.8, 4) is 0 Å². The van der Waals surface area contributed by atoms with Crippen molar-refractivity contribution in [2.75, 3.05) is 5.73 Å². The van der Waals surface area contributed by atoms with Gasteiger partial charge in [-0.2, -0.15) is 0 Å². The van der Waals surface area contributed by atoms with E-state index in [9.17, 15) is 0 Å². The van der Waals surface area contributed by atoms with E-state index in [1.54, 1.807) is 18.5 Å². The van der Waals surface area contributed by atoms with Crippen molar-refractivity contribution >= 4 is 39.1 Å². The molecule has 4 heteroatoms. The van der Waals surface area contributed by atoms with Crippen molar-refractivity contribution in [1.29, 1.82) is 0 Å². The van der Waals surface area contributed by atoms with E-state index in [0.29, 0.717) is 10.7 Å². The second-order valence-corrected chi connectivity index (χ2v) is 3.90.